The summed E-state index contributed by atoms with van der Waals surface area (Å²) in [5.74, 6) is -1.65. The highest BCUT2D eigenvalue weighted by Gasteiger charge is 2.13. The molecule has 2 aromatic heterocycles. The van der Waals surface area contributed by atoms with Crippen LogP contribution >= 0.6 is 11.3 Å². The van der Waals surface area contributed by atoms with E-state index in [1.165, 1.54) is 6.07 Å². The van der Waals surface area contributed by atoms with Crippen molar-refractivity contribution in [3.05, 3.63) is 58.9 Å². The Balaban J connectivity index is 1.71. The Labute approximate surface area is 118 Å². The quantitative estimate of drug-likeness (QED) is 0.804. The molecule has 6 heteroatoms. The van der Waals surface area contributed by atoms with Crippen LogP contribution in [0, 0.1) is 11.6 Å². The number of aromatic nitrogens is 2. The molecule has 3 aromatic rings. The third-order valence-electron chi connectivity index (χ3n) is 3.13. The monoisotopic (exact) mass is 293 g/mol. The summed E-state index contributed by atoms with van der Waals surface area (Å²) in [6, 6.07) is 3.86. The Morgan fingerprint density at radius 3 is 2.95 bits per heavy atom. The highest BCUT2D eigenvalue weighted by atomic mass is 32.1. The van der Waals surface area contributed by atoms with Crippen molar-refractivity contribution >= 4 is 16.3 Å². The maximum Gasteiger partial charge on any atom is 0.193 e. The van der Waals surface area contributed by atoms with Crippen molar-refractivity contribution in [2.24, 2.45) is 5.73 Å². The van der Waals surface area contributed by atoms with Gasteiger partial charge in [-0.05, 0) is 18.1 Å². The van der Waals surface area contributed by atoms with Gasteiger partial charge in [-0.1, -0.05) is 12.1 Å². The number of nitrogens with two attached hydrogens (primary N) is 1. The van der Waals surface area contributed by atoms with Gasteiger partial charge in [-0.25, -0.2) is 13.8 Å². The van der Waals surface area contributed by atoms with E-state index in [9.17, 15) is 8.78 Å². The van der Waals surface area contributed by atoms with Gasteiger partial charge in [0.2, 0.25) is 0 Å². The van der Waals surface area contributed by atoms with Crippen molar-refractivity contribution in [3.63, 3.8) is 0 Å². The Bertz CT molecular complexity index is 706. The highest BCUT2D eigenvalue weighted by Crippen LogP contribution is 2.16. The second-order valence-electron chi connectivity index (χ2n) is 4.71. The molecule has 0 fully saturated rings. The van der Waals surface area contributed by atoms with E-state index in [2.05, 4.69) is 4.98 Å². The summed E-state index contributed by atoms with van der Waals surface area (Å²) in [6.07, 6.45) is 4.65. The smallest absolute Gasteiger partial charge is 0.193 e. The number of imidazole rings is 1. The maximum absolute atomic E-state index is 13.6. The lowest BCUT2D eigenvalue weighted by atomic mass is 10.0. The summed E-state index contributed by atoms with van der Waals surface area (Å²) in [7, 11) is 0. The zero-order valence-corrected chi connectivity index (χ0v) is 11.4. The first-order valence-corrected chi connectivity index (χ1v) is 7.11. The number of rotatable bonds is 4. The fourth-order valence-corrected chi connectivity index (χ4v) is 2.92. The normalized spacial score (nSPS) is 12.9. The number of benzene rings is 1. The molecule has 3 rings (SSSR count). The molecule has 0 aliphatic heterocycles. The summed E-state index contributed by atoms with van der Waals surface area (Å²) in [5.41, 5.74) is 7.18. The van der Waals surface area contributed by atoms with E-state index in [0.29, 0.717) is 12.0 Å². The second-order valence-corrected chi connectivity index (χ2v) is 5.58. The fourth-order valence-electron chi connectivity index (χ4n) is 2.20. The van der Waals surface area contributed by atoms with E-state index < -0.39 is 11.6 Å². The standard InChI is InChI=1S/C14H13F2N3S/c15-12-3-1-2-9(13(12)16)6-10(17)7-11-8-19-4-5-20-14(19)18-11/h1-5,8,10H,6-7,17H2. The minimum Gasteiger partial charge on any atom is -0.327 e. The molecule has 1 atom stereocenters. The van der Waals surface area contributed by atoms with Crippen LogP contribution in [0.4, 0.5) is 8.78 Å². The van der Waals surface area contributed by atoms with Crippen molar-refractivity contribution in [3.8, 4) is 0 Å². The van der Waals surface area contributed by atoms with Crippen LogP contribution in [-0.4, -0.2) is 15.4 Å². The number of thiazole rings is 1. The van der Waals surface area contributed by atoms with Gasteiger partial charge in [0.1, 0.15) is 0 Å². The molecule has 2 N–H and O–H groups in total. The molecule has 0 bridgehead atoms. The zero-order valence-electron chi connectivity index (χ0n) is 10.6. The largest absolute Gasteiger partial charge is 0.327 e. The summed E-state index contributed by atoms with van der Waals surface area (Å²) >= 11 is 1.55. The number of nitrogens with zero attached hydrogens (tertiary/aromatic N) is 2. The van der Waals surface area contributed by atoms with Crippen molar-refractivity contribution in [1.29, 1.82) is 0 Å². The molecule has 2 heterocycles. The number of fused-ring (bicyclic) bond motifs is 1. The Kier molecular flexibility index (Phi) is 3.50. The van der Waals surface area contributed by atoms with Gasteiger partial charge < -0.3 is 5.73 Å². The molecule has 20 heavy (non-hydrogen) atoms. The van der Waals surface area contributed by atoms with Gasteiger partial charge in [0.25, 0.3) is 0 Å². The minimum absolute atomic E-state index is 0.286. The van der Waals surface area contributed by atoms with E-state index in [-0.39, 0.29) is 12.5 Å². The van der Waals surface area contributed by atoms with E-state index in [0.717, 1.165) is 16.7 Å². The van der Waals surface area contributed by atoms with Crippen LogP contribution in [0.3, 0.4) is 0 Å². The van der Waals surface area contributed by atoms with Gasteiger partial charge in [0.15, 0.2) is 16.6 Å². The molecule has 1 unspecified atom stereocenters. The van der Waals surface area contributed by atoms with E-state index in [1.807, 2.05) is 22.2 Å². The topological polar surface area (TPSA) is 43.3 Å². The van der Waals surface area contributed by atoms with Gasteiger partial charge >= 0.3 is 0 Å². The Hall–Kier alpha value is -1.79. The van der Waals surface area contributed by atoms with Crippen LogP contribution in [0.25, 0.3) is 4.96 Å². The van der Waals surface area contributed by atoms with Crippen LogP contribution in [-0.2, 0) is 12.8 Å². The van der Waals surface area contributed by atoms with E-state index in [4.69, 9.17) is 5.73 Å². The van der Waals surface area contributed by atoms with E-state index in [1.54, 1.807) is 17.4 Å². The van der Waals surface area contributed by atoms with Gasteiger partial charge in [-0.15, -0.1) is 11.3 Å². The highest BCUT2D eigenvalue weighted by molar-refractivity contribution is 7.15. The van der Waals surface area contributed by atoms with Crippen LogP contribution < -0.4 is 5.73 Å². The number of hydrogen-bond acceptors (Lipinski definition) is 3. The molecule has 0 aliphatic rings. The first-order chi connectivity index (χ1) is 9.63. The van der Waals surface area contributed by atoms with E-state index >= 15 is 0 Å². The molecule has 104 valence electrons. The van der Waals surface area contributed by atoms with Gasteiger partial charge in [-0.2, -0.15) is 0 Å². The average Bonchev–Trinajstić information content (AvgIpc) is 2.95. The Morgan fingerprint density at radius 1 is 1.30 bits per heavy atom. The van der Waals surface area contributed by atoms with Crippen molar-refractivity contribution < 1.29 is 8.78 Å². The lowest BCUT2D eigenvalue weighted by Gasteiger charge is -2.11. The minimum atomic E-state index is -0.836. The van der Waals surface area contributed by atoms with Crippen molar-refractivity contribution in [2.75, 3.05) is 0 Å². The molecule has 0 amide bonds. The van der Waals surface area contributed by atoms with Gasteiger partial charge in [0.05, 0.1) is 5.69 Å². The lowest BCUT2D eigenvalue weighted by Crippen LogP contribution is -2.26. The Morgan fingerprint density at radius 2 is 2.15 bits per heavy atom. The third-order valence-corrected chi connectivity index (χ3v) is 3.90. The first-order valence-electron chi connectivity index (χ1n) is 6.23. The van der Waals surface area contributed by atoms with Crippen molar-refractivity contribution in [2.45, 2.75) is 18.9 Å². The first kappa shape index (κ1) is 13.2. The molecular formula is C14H13F2N3S. The predicted octanol–water partition coefficient (Wildman–Crippen LogP) is 2.79. The molecule has 0 saturated heterocycles. The molecular weight excluding hydrogens is 280 g/mol. The molecule has 0 radical (unpaired) electrons. The third kappa shape index (κ3) is 2.57. The van der Waals surface area contributed by atoms with Crippen molar-refractivity contribution in [1.82, 2.24) is 9.38 Å². The van der Waals surface area contributed by atoms with Crippen LogP contribution in [0.2, 0.25) is 0 Å². The zero-order chi connectivity index (χ0) is 14.1. The molecule has 0 aliphatic carbocycles. The fraction of sp³-hybridized carbons (Fsp3) is 0.214. The summed E-state index contributed by atoms with van der Waals surface area (Å²) in [4.78, 5) is 5.33. The predicted molar refractivity (Wildman–Crippen MR) is 74.8 cm³/mol. The summed E-state index contributed by atoms with van der Waals surface area (Å²) < 4.78 is 28.6. The molecule has 3 nitrogen and oxygen atoms in total. The molecule has 1 aromatic carbocycles. The maximum atomic E-state index is 13.6. The van der Waals surface area contributed by atoms with Gasteiger partial charge in [0, 0.05) is 30.2 Å². The lowest BCUT2D eigenvalue weighted by molar-refractivity contribution is 0.492. The number of hydrogen-bond donors (Lipinski definition) is 1. The summed E-state index contributed by atoms with van der Waals surface area (Å²) in [5, 5.41) is 1.95. The van der Waals surface area contributed by atoms with Crippen LogP contribution in [0.15, 0.2) is 36.0 Å². The molecule has 0 saturated carbocycles. The number of halogens is 2. The SMILES string of the molecule is NC(Cc1cn2ccsc2n1)Cc1cccc(F)c1F. The molecule has 0 spiro atoms. The van der Waals surface area contributed by atoms with Crippen LogP contribution in [0.1, 0.15) is 11.3 Å². The van der Waals surface area contributed by atoms with Crippen LogP contribution in [0.5, 0.6) is 0 Å². The second kappa shape index (κ2) is 5.30. The van der Waals surface area contributed by atoms with Gasteiger partial charge in [-0.3, -0.25) is 4.40 Å². The summed E-state index contributed by atoms with van der Waals surface area (Å²) in [6.45, 7) is 0. The average molecular weight is 293 g/mol.